The van der Waals surface area contributed by atoms with Crippen molar-refractivity contribution in [1.29, 1.82) is 0 Å². The highest BCUT2D eigenvalue weighted by molar-refractivity contribution is 5.63. The molecule has 0 bridgehead atoms. The van der Waals surface area contributed by atoms with Crippen molar-refractivity contribution < 1.29 is 14.2 Å². The summed E-state index contributed by atoms with van der Waals surface area (Å²) < 4.78 is 18.1. The Bertz CT molecular complexity index is 923. The lowest BCUT2D eigenvalue weighted by molar-refractivity contribution is 0.149. The summed E-state index contributed by atoms with van der Waals surface area (Å²) in [5.74, 6) is 3.62. The van der Waals surface area contributed by atoms with Crippen molar-refractivity contribution in [3.63, 3.8) is 0 Å². The van der Waals surface area contributed by atoms with E-state index >= 15 is 0 Å². The Morgan fingerprint density at radius 3 is 2.85 bits per heavy atom. The van der Waals surface area contributed by atoms with Gasteiger partial charge in [0.05, 0.1) is 6.61 Å². The van der Waals surface area contributed by atoms with Gasteiger partial charge < -0.3 is 14.2 Å². The molecule has 7 nitrogen and oxygen atoms in total. The van der Waals surface area contributed by atoms with Crippen molar-refractivity contribution in [2.24, 2.45) is 0 Å². The van der Waals surface area contributed by atoms with Gasteiger partial charge in [-0.1, -0.05) is 6.07 Å². The molecule has 0 saturated carbocycles. The molecular weight excluding hydrogens is 332 g/mol. The average molecular weight is 352 g/mol. The number of aryl methyl sites for hydroxylation is 1. The van der Waals surface area contributed by atoms with Crippen LogP contribution < -0.4 is 9.47 Å². The standard InChI is InChI=1S/C19H20N4O3/c1-3-24-10-9-17-21-19(14-7-8-15-16(11-14)26-12-25-15)23(22-17)18-6-4-5-13(2)20-18/h4-8,11H,3,9-10,12H2,1-2H3. The number of hydrogen-bond donors (Lipinski definition) is 0. The summed E-state index contributed by atoms with van der Waals surface area (Å²) >= 11 is 0. The van der Waals surface area contributed by atoms with E-state index in [1.54, 1.807) is 4.68 Å². The normalized spacial score (nSPS) is 12.5. The maximum atomic E-state index is 5.50. The van der Waals surface area contributed by atoms with Gasteiger partial charge in [-0.05, 0) is 44.2 Å². The number of aromatic nitrogens is 4. The van der Waals surface area contributed by atoms with Crippen molar-refractivity contribution in [3.8, 4) is 28.7 Å². The summed E-state index contributed by atoms with van der Waals surface area (Å²) in [6.07, 6.45) is 0.643. The fourth-order valence-corrected chi connectivity index (χ4v) is 2.80. The van der Waals surface area contributed by atoms with E-state index in [4.69, 9.17) is 19.2 Å². The molecule has 0 fully saturated rings. The number of hydrogen-bond acceptors (Lipinski definition) is 6. The van der Waals surface area contributed by atoms with Crippen molar-refractivity contribution >= 4 is 0 Å². The van der Waals surface area contributed by atoms with E-state index < -0.39 is 0 Å². The number of ether oxygens (including phenoxy) is 3. The van der Waals surface area contributed by atoms with Gasteiger partial charge in [0, 0.05) is 24.3 Å². The monoisotopic (exact) mass is 352 g/mol. The summed E-state index contributed by atoms with van der Waals surface area (Å²) in [6, 6.07) is 11.6. The van der Waals surface area contributed by atoms with Gasteiger partial charge in [-0.2, -0.15) is 4.68 Å². The van der Waals surface area contributed by atoms with Gasteiger partial charge in [-0.3, -0.25) is 0 Å². The van der Waals surface area contributed by atoms with Crippen LogP contribution in [0.5, 0.6) is 11.5 Å². The number of fused-ring (bicyclic) bond motifs is 1. The van der Waals surface area contributed by atoms with Crippen LogP contribution >= 0.6 is 0 Å². The highest BCUT2D eigenvalue weighted by Crippen LogP contribution is 2.35. The molecule has 3 heterocycles. The van der Waals surface area contributed by atoms with Crippen LogP contribution in [0.4, 0.5) is 0 Å². The highest BCUT2D eigenvalue weighted by atomic mass is 16.7. The first-order chi connectivity index (χ1) is 12.7. The molecule has 3 aromatic rings. The minimum Gasteiger partial charge on any atom is -0.454 e. The third-order valence-corrected chi connectivity index (χ3v) is 4.05. The van der Waals surface area contributed by atoms with Gasteiger partial charge >= 0.3 is 0 Å². The first-order valence-corrected chi connectivity index (χ1v) is 8.62. The van der Waals surface area contributed by atoms with E-state index in [1.807, 2.05) is 50.2 Å². The number of benzene rings is 1. The third kappa shape index (κ3) is 3.25. The molecule has 134 valence electrons. The fraction of sp³-hybridized carbons (Fsp3) is 0.316. The van der Waals surface area contributed by atoms with Gasteiger partial charge in [0.2, 0.25) is 6.79 Å². The second-order valence-electron chi connectivity index (χ2n) is 5.92. The molecule has 0 N–H and O–H groups in total. The molecule has 1 aromatic carbocycles. The first-order valence-electron chi connectivity index (χ1n) is 8.62. The summed E-state index contributed by atoms with van der Waals surface area (Å²) in [5, 5.41) is 4.65. The molecule has 1 aliphatic heterocycles. The van der Waals surface area contributed by atoms with Crippen LogP contribution in [0.25, 0.3) is 17.2 Å². The maximum absolute atomic E-state index is 5.50. The van der Waals surface area contributed by atoms with Crippen LogP contribution in [-0.2, 0) is 11.2 Å². The number of rotatable bonds is 6. The van der Waals surface area contributed by atoms with Gasteiger partial charge in [0.15, 0.2) is 29.0 Å². The summed E-state index contributed by atoms with van der Waals surface area (Å²) in [4.78, 5) is 9.30. The largest absolute Gasteiger partial charge is 0.454 e. The fourth-order valence-electron chi connectivity index (χ4n) is 2.80. The maximum Gasteiger partial charge on any atom is 0.231 e. The highest BCUT2D eigenvalue weighted by Gasteiger charge is 2.19. The smallest absolute Gasteiger partial charge is 0.231 e. The molecule has 1 aliphatic rings. The summed E-state index contributed by atoms with van der Waals surface area (Å²) in [7, 11) is 0. The molecule has 0 saturated heterocycles. The molecule has 0 radical (unpaired) electrons. The van der Waals surface area contributed by atoms with Crippen LogP contribution in [0, 0.1) is 6.92 Å². The topological polar surface area (TPSA) is 71.3 Å². The van der Waals surface area contributed by atoms with Crippen molar-refractivity contribution in [2.75, 3.05) is 20.0 Å². The van der Waals surface area contributed by atoms with Gasteiger partial charge in [0.1, 0.15) is 0 Å². The quantitative estimate of drug-likeness (QED) is 0.635. The molecule has 0 atom stereocenters. The van der Waals surface area contributed by atoms with Crippen molar-refractivity contribution in [3.05, 3.63) is 47.9 Å². The predicted molar refractivity (Wildman–Crippen MR) is 95.6 cm³/mol. The van der Waals surface area contributed by atoms with Crippen LogP contribution in [-0.4, -0.2) is 39.8 Å². The molecule has 0 aliphatic carbocycles. The molecule has 4 rings (SSSR count). The zero-order chi connectivity index (χ0) is 17.9. The summed E-state index contributed by atoms with van der Waals surface area (Å²) in [5.41, 5.74) is 1.82. The van der Waals surface area contributed by atoms with Crippen molar-refractivity contribution in [2.45, 2.75) is 20.3 Å². The lowest BCUT2D eigenvalue weighted by Gasteiger charge is -2.06. The predicted octanol–water partition coefficient (Wildman–Crippen LogP) is 2.95. The Hall–Kier alpha value is -2.93. The first kappa shape index (κ1) is 16.5. The Balaban J connectivity index is 1.76. The Morgan fingerprint density at radius 2 is 2.00 bits per heavy atom. The third-order valence-electron chi connectivity index (χ3n) is 4.05. The Labute approximate surface area is 151 Å². The lowest BCUT2D eigenvalue weighted by atomic mass is 10.2. The van der Waals surface area contributed by atoms with E-state index in [2.05, 4.69) is 10.1 Å². The van der Waals surface area contributed by atoms with Crippen molar-refractivity contribution in [1.82, 2.24) is 19.7 Å². The zero-order valence-electron chi connectivity index (χ0n) is 14.8. The van der Waals surface area contributed by atoms with E-state index in [-0.39, 0.29) is 6.79 Å². The second-order valence-corrected chi connectivity index (χ2v) is 5.92. The zero-order valence-corrected chi connectivity index (χ0v) is 14.8. The number of pyridine rings is 1. The molecule has 7 heteroatoms. The molecule has 0 amide bonds. The molecule has 26 heavy (non-hydrogen) atoms. The van der Waals surface area contributed by atoms with E-state index in [0.717, 1.165) is 28.6 Å². The van der Waals surface area contributed by atoms with E-state index in [1.165, 1.54) is 0 Å². The SMILES string of the molecule is CCOCCc1nc(-c2ccc3c(c2)OCO3)n(-c2cccc(C)n2)n1. The lowest BCUT2D eigenvalue weighted by Crippen LogP contribution is -2.04. The van der Waals surface area contributed by atoms with Gasteiger partial charge in [-0.25, -0.2) is 9.97 Å². The molecule has 2 aromatic heterocycles. The number of nitrogens with zero attached hydrogens (tertiary/aromatic N) is 4. The molecule has 0 unspecified atom stereocenters. The van der Waals surface area contributed by atoms with Gasteiger partial charge in [-0.15, -0.1) is 5.10 Å². The van der Waals surface area contributed by atoms with Crippen LogP contribution in [0.2, 0.25) is 0 Å². The second kappa shape index (κ2) is 7.13. The minimum atomic E-state index is 0.241. The molecule has 0 spiro atoms. The molecular formula is C19H20N4O3. The Kier molecular flexibility index (Phi) is 4.53. The summed E-state index contributed by atoms with van der Waals surface area (Å²) in [6.45, 7) is 5.43. The van der Waals surface area contributed by atoms with Gasteiger partial charge in [0.25, 0.3) is 0 Å². The van der Waals surface area contributed by atoms with Crippen LogP contribution in [0.3, 0.4) is 0 Å². The van der Waals surface area contributed by atoms with E-state index in [9.17, 15) is 0 Å². The minimum absolute atomic E-state index is 0.241. The average Bonchev–Trinajstić information content (AvgIpc) is 3.28. The van der Waals surface area contributed by atoms with Crippen LogP contribution in [0.1, 0.15) is 18.4 Å². The van der Waals surface area contributed by atoms with Crippen LogP contribution in [0.15, 0.2) is 36.4 Å². The van der Waals surface area contributed by atoms with E-state index in [0.29, 0.717) is 31.2 Å². The Morgan fingerprint density at radius 1 is 1.12 bits per heavy atom.